The zero-order valence-corrected chi connectivity index (χ0v) is 14.3. The Labute approximate surface area is 147 Å². The van der Waals surface area contributed by atoms with Crippen LogP contribution in [0.15, 0.2) is 55.6 Å². The van der Waals surface area contributed by atoms with Gasteiger partial charge in [0.05, 0.1) is 23.5 Å². The van der Waals surface area contributed by atoms with Crippen LogP contribution in [-0.4, -0.2) is 18.1 Å². The molecule has 0 aliphatic heterocycles. The van der Waals surface area contributed by atoms with Crippen molar-refractivity contribution in [3.63, 3.8) is 0 Å². The second-order valence-corrected chi connectivity index (χ2v) is 5.61. The van der Waals surface area contributed by atoms with Crippen LogP contribution < -0.4 is 9.47 Å². The molecule has 0 aromatic heterocycles. The highest BCUT2D eigenvalue weighted by molar-refractivity contribution is 5.94. The molecule has 0 amide bonds. The number of allylic oxidation sites excluding steroid dienone is 2. The van der Waals surface area contributed by atoms with Crippen molar-refractivity contribution in [3.8, 4) is 11.5 Å². The number of nitro benzene ring substituents is 1. The molecule has 0 heterocycles. The molecule has 25 heavy (non-hydrogen) atoms. The first-order valence-corrected chi connectivity index (χ1v) is 8.36. The second-order valence-electron chi connectivity index (χ2n) is 5.61. The largest absolute Gasteiger partial charge is 0.494 e. The number of unbranched alkanes of at least 4 members (excludes halogenated alkanes) is 2. The van der Waals surface area contributed by atoms with Gasteiger partial charge in [0.1, 0.15) is 5.75 Å². The number of hydrogen-bond donors (Lipinski definition) is 0. The molecule has 0 aliphatic carbocycles. The Hall–Kier alpha value is -2.82. The fraction of sp³-hybridized carbons (Fsp3) is 0.300. The molecule has 0 radical (unpaired) electrons. The first-order chi connectivity index (χ1) is 12.2. The smallest absolute Gasteiger partial charge is 0.318 e. The van der Waals surface area contributed by atoms with E-state index in [2.05, 4.69) is 13.2 Å². The number of benzene rings is 2. The first-order valence-electron chi connectivity index (χ1n) is 8.36. The number of rotatable bonds is 11. The van der Waals surface area contributed by atoms with Crippen molar-refractivity contribution in [2.75, 3.05) is 13.2 Å². The van der Waals surface area contributed by atoms with Gasteiger partial charge in [0.2, 0.25) is 0 Å². The summed E-state index contributed by atoms with van der Waals surface area (Å²) in [6, 6.07) is 8.83. The van der Waals surface area contributed by atoms with Crippen LogP contribution in [0.4, 0.5) is 5.69 Å². The number of nitro groups is 1. The quantitative estimate of drug-likeness (QED) is 0.236. The average molecular weight is 341 g/mol. The Bertz CT molecular complexity index is 749. The molecule has 2 rings (SSSR count). The lowest BCUT2D eigenvalue weighted by atomic mass is 10.1. The third kappa shape index (κ3) is 5.08. The van der Waals surface area contributed by atoms with E-state index in [4.69, 9.17) is 9.47 Å². The van der Waals surface area contributed by atoms with Gasteiger partial charge in [0, 0.05) is 0 Å². The predicted molar refractivity (Wildman–Crippen MR) is 100 cm³/mol. The van der Waals surface area contributed by atoms with Crippen molar-refractivity contribution in [1.29, 1.82) is 0 Å². The lowest BCUT2D eigenvalue weighted by Crippen LogP contribution is -2.01. The maximum Gasteiger partial charge on any atom is 0.318 e. The summed E-state index contributed by atoms with van der Waals surface area (Å²) in [5, 5.41) is 12.9. The molecule has 0 atom stereocenters. The Balaban J connectivity index is 2.26. The lowest BCUT2D eigenvalue weighted by molar-refractivity contribution is -0.384. The highest BCUT2D eigenvalue weighted by Crippen LogP contribution is 2.37. The van der Waals surface area contributed by atoms with E-state index in [9.17, 15) is 10.1 Å². The van der Waals surface area contributed by atoms with Gasteiger partial charge in [-0.25, -0.2) is 0 Å². The molecule has 5 heteroatoms. The van der Waals surface area contributed by atoms with Gasteiger partial charge in [-0.2, -0.15) is 0 Å². The summed E-state index contributed by atoms with van der Waals surface area (Å²) in [4.78, 5) is 11.2. The Morgan fingerprint density at radius 2 is 1.64 bits per heavy atom. The molecule has 2 aromatic carbocycles. The molecule has 0 N–H and O–H groups in total. The van der Waals surface area contributed by atoms with Crippen LogP contribution in [0.1, 0.15) is 25.7 Å². The molecule has 132 valence electrons. The van der Waals surface area contributed by atoms with Crippen LogP contribution in [0, 0.1) is 10.1 Å². The third-order valence-electron chi connectivity index (χ3n) is 3.74. The van der Waals surface area contributed by atoms with E-state index in [1.165, 1.54) is 0 Å². The molecule has 0 spiro atoms. The van der Waals surface area contributed by atoms with E-state index in [1.54, 1.807) is 18.2 Å². The molecule has 2 aromatic rings. The van der Waals surface area contributed by atoms with Crippen molar-refractivity contribution in [2.24, 2.45) is 0 Å². The molecular formula is C20H23NO4. The Morgan fingerprint density at radius 3 is 2.28 bits per heavy atom. The van der Waals surface area contributed by atoms with Gasteiger partial charge < -0.3 is 9.47 Å². The first kappa shape index (κ1) is 18.5. The number of nitrogens with zero attached hydrogens (tertiary/aromatic N) is 1. The highest BCUT2D eigenvalue weighted by Gasteiger charge is 2.20. The third-order valence-corrected chi connectivity index (χ3v) is 3.74. The Kier molecular flexibility index (Phi) is 7.01. The summed E-state index contributed by atoms with van der Waals surface area (Å²) in [6.07, 6.45) is 6.94. The van der Waals surface area contributed by atoms with Crippen LogP contribution in [0.5, 0.6) is 11.5 Å². The lowest BCUT2D eigenvalue weighted by Gasteiger charge is -2.10. The summed E-state index contributed by atoms with van der Waals surface area (Å²) in [5.41, 5.74) is -0.0207. The minimum atomic E-state index is -0.396. The van der Waals surface area contributed by atoms with E-state index in [0.29, 0.717) is 24.3 Å². The van der Waals surface area contributed by atoms with E-state index < -0.39 is 4.92 Å². The van der Waals surface area contributed by atoms with Crippen molar-refractivity contribution in [3.05, 3.63) is 65.8 Å². The van der Waals surface area contributed by atoms with Crippen LogP contribution in [0.25, 0.3) is 10.8 Å². The van der Waals surface area contributed by atoms with Gasteiger partial charge in [-0.05, 0) is 49.3 Å². The van der Waals surface area contributed by atoms with E-state index in [-0.39, 0.29) is 11.4 Å². The van der Waals surface area contributed by atoms with Crippen LogP contribution in [0.3, 0.4) is 0 Å². The predicted octanol–water partition coefficient (Wildman–Crippen LogP) is 5.44. The molecule has 5 nitrogen and oxygen atoms in total. The summed E-state index contributed by atoms with van der Waals surface area (Å²) >= 11 is 0. The highest BCUT2D eigenvalue weighted by atomic mass is 16.6. The van der Waals surface area contributed by atoms with E-state index in [1.807, 2.05) is 24.3 Å². The maximum absolute atomic E-state index is 11.6. The van der Waals surface area contributed by atoms with Crippen molar-refractivity contribution in [1.82, 2.24) is 0 Å². The maximum atomic E-state index is 11.6. The average Bonchev–Trinajstić information content (AvgIpc) is 2.61. The van der Waals surface area contributed by atoms with Gasteiger partial charge in [-0.1, -0.05) is 24.3 Å². The zero-order chi connectivity index (χ0) is 18.1. The minimum Gasteiger partial charge on any atom is -0.494 e. The molecule has 0 unspecified atom stereocenters. The van der Waals surface area contributed by atoms with Gasteiger partial charge in [0.15, 0.2) is 5.75 Å². The topological polar surface area (TPSA) is 61.6 Å². The minimum absolute atomic E-state index is 0.0207. The van der Waals surface area contributed by atoms with Crippen LogP contribution >= 0.6 is 0 Å². The second kappa shape index (κ2) is 9.47. The number of fused-ring (bicyclic) bond motifs is 1. The fourth-order valence-corrected chi connectivity index (χ4v) is 2.48. The van der Waals surface area contributed by atoms with Crippen LogP contribution in [-0.2, 0) is 0 Å². The Morgan fingerprint density at radius 1 is 1.00 bits per heavy atom. The molecular weight excluding hydrogens is 318 g/mol. The van der Waals surface area contributed by atoms with E-state index in [0.717, 1.165) is 31.1 Å². The van der Waals surface area contributed by atoms with Gasteiger partial charge in [-0.3, -0.25) is 10.1 Å². The monoisotopic (exact) mass is 341 g/mol. The molecule has 0 aliphatic rings. The van der Waals surface area contributed by atoms with Gasteiger partial charge >= 0.3 is 5.69 Å². The summed E-state index contributed by atoms with van der Waals surface area (Å²) < 4.78 is 11.3. The van der Waals surface area contributed by atoms with Crippen LogP contribution in [0.2, 0.25) is 0 Å². The number of hydrogen-bond acceptors (Lipinski definition) is 4. The summed E-state index contributed by atoms with van der Waals surface area (Å²) in [7, 11) is 0. The van der Waals surface area contributed by atoms with Crippen molar-refractivity contribution < 1.29 is 14.4 Å². The zero-order valence-electron chi connectivity index (χ0n) is 14.3. The normalized spacial score (nSPS) is 10.4. The van der Waals surface area contributed by atoms with Crippen molar-refractivity contribution >= 4 is 16.5 Å². The number of ether oxygens (including phenoxy) is 2. The fourth-order valence-electron chi connectivity index (χ4n) is 2.48. The van der Waals surface area contributed by atoms with Gasteiger partial charge in [-0.15, -0.1) is 13.2 Å². The summed E-state index contributed by atoms with van der Waals surface area (Å²) in [6.45, 7) is 8.29. The molecule has 0 bridgehead atoms. The SMILES string of the molecule is C=CCCCOc1ccc2ccc(OCCCC=C)c([N+](=O)[O-])c2c1. The molecule has 0 saturated carbocycles. The van der Waals surface area contributed by atoms with Crippen molar-refractivity contribution in [2.45, 2.75) is 25.7 Å². The van der Waals surface area contributed by atoms with Gasteiger partial charge in [0.25, 0.3) is 0 Å². The molecule has 0 saturated heterocycles. The molecule has 0 fully saturated rings. The summed E-state index contributed by atoms with van der Waals surface area (Å²) in [5.74, 6) is 0.897. The van der Waals surface area contributed by atoms with E-state index >= 15 is 0 Å². The standard InChI is InChI=1S/C20H23NO4/c1-3-5-7-13-24-17-11-9-16-10-12-19(25-14-8-6-4-2)20(21(22)23)18(16)15-17/h3-4,9-12,15H,1-2,5-8,13-14H2.